The van der Waals surface area contributed by atoms with Gasteiger partial charge in [0, 0.05) is 19.3 Å². The average Bonchev–Trinajstić information content (AvgIpc) is 2.22. The molecule has 0 aliphatic carbocycles. The van der Waals surface area contributed by atoms with Crippen LogP contribution in [0.2, 0.25) is 0 Å². The lowest BCUT2D eigenvalue weighted by Gasteiger charge is -2.14. The number of rotatable bonds is 4. The third-order valence-corrected chi connectivity index (χ3v) is 0.765. The van der Waals surface area contributed by atoms with E-state index in [0.29, 0.717) is 0 Å². The Morgan fingerprint density at radius 2 is 2.33 bits per heavy atom. The number of amides is 1. The summed E-state index contributed by atoms with van der Waals surface area (Å²) in [5.74, 6) is -7.52. The minimum absolute atomic E-state index is 0.735. The molecule has 70 valence electrons. The molecule has 1 unspecified atom stereocenters. The second-order valence-corrected chi connectivity index (χ2v) is 1.86. The minimum Gasteiger partial charge on any atom is -0.480 e. The highest BCUT2D eigenvalue weighted by Crippen LogP contribution is 2.04. The van der Waals surface area contributed by atoms with Crippen molar-refractivity contribution in [1.82, 2.24) is 5.32 Å². The van der Waals surface area contributed by atoms with Gasteiger partial charge in [-0.1, -0.05) is 13.7 Å². The number of carboxylic acids is 1. The molecule has 0 aromatic carbocycles. The average molecular weight is 183 g/mol. The van der Waals surface area contributed by atoms with Gasteiger partial charge < -0.3 is 10.4 Å². The fourth-order valence-electron chi connectivity index (χ4n) is 0.439. The summed E-state index contributed by atoms with van der Waals surface area (Å²) in [4.78, 5) is 22.2. The van der Waals surface area contributed by atoms with E-state index in [-0.39, 0.29) is 0 Å². The predicted octanol–water partition coefficient (Wildman–Crippen LogP) is 0.622. The molecule has 0 rings (SSSR count). The topological polar surface area (TPSA) is 66.4 Å². The fraction of sp³-hybridized carbons (Fsp3) is 0.750. The van der Waals surface area contributed by atoms with Gasteiger partial charge in [0.15, 0.2) is 0 Å². The molecule has 12 heavy (non-hydrogen) atoms. The maximum absolute atomic E-state index is 11.2. The highest BCUT2D eigenvalue weighted by atomic mass is 16.4. The van der Waals surface area contributed by atoms with Crippen molar-refractivity contribution in [2.45, 2.75) is 33.0 Å². The van der Waals surface area contributed by atoms with E-state index < -0.39 is 43.9 Å². The van der Waals surface area contributed by atoms with E-state index in [2.05, 4.69) is 0 Å². The second kappa shape index (κ2) is 4.74. The summed E-state index contributed by atoms with van der Waals surface area (Å²) >= 11 is 0. The van der Waals surface area contributed by atoms with Crippen LogP contribution in [0.4, 0.5) is 0 Å². The summed E-state index contributed by atoms with van der Waals surface area (Å²) in [6.45, 7) is -6.87. The van der Waals surface area contributed by atoms with E-state index in [1.54, 1.807) is 0 Å². The number of carbonyl (C=O) groups is 2. The van der Waals surface area contributed by atoms with Gasteiger partial charge in [-0.3, -0.25) is 4.79 Å². The first-order chi connectivity index (χ1) is 9.36. The number of hydrogen-bond acceptors (Lipinski definition) is 2. The monoisotopic (exact) mass is 183 g/mol. The van der Waals surface area contributed by atoms with Gasteiger partial charge in [-0.2, -0.15) is 0 Å². The number of hydrogen-bond donors (Lipinski definition) is 2. The highest BCUT2D eigenvalue weighted by molar-refractivity contribution is 5.81. The molecule has 0 heterocycles. The SMILES string of the molecule is [2H]C([2H])([2H])C([2H])(C([2H])([2H])[2H])C([2H])([2H])C([2H])(NC(C)=O)C(=O)O. The standard InChI is InChI=1S/C8H15NO3/c1-5(2)4-7(8(11)12)9-6(3)10/h5,7H,4H2,1-3H3,(H,9,10)(H,11,12)/i1D3,2D3,4D2,5D,7D. The number of nitrogens with one attached hydrogen (secondary N) is 1. The van der Waals surface area contributed by atoms with Crippen LogP contribution in [0.5, 0.6) is 0 Å². The molecule has 2 N–H and O–H groups in total. The van der Waals surface area contributed by atoms with E-state index >= 15 is 0 Å². The van der Waals surface area contributed by atoms with E-state index in [4.69, 9.17) is 18.8 Å². The molecule has 0 aliphatic rings. The quantitative estimate of drug-likeness (QED) is 0.671. The van der Waals surface area contributed by atoms with Gasteiger partial charge in [-0.25, -0.2) is 4.79 Å². The van der Waals surface area contributed by atoms with Crippen LogP contribution in [0.3, 0.4) is 0 Å². The Kier molecular flexibility index (Phi) is 1.07. The molecule has 0 aliphatic heterocycles. The van der Waals surface area contributed by atoms with Crippen LogP contribution < -0.4 is 5.32 Å². The lowest BCUT2D eigenvalue weighted by Crippen LogP contribution is -2.40. The molecule has 0 aromatic heterocycles. The van der Waals surface area contributed by atoms with Gasteiger partial charge >= 0.3 is 5.97 Å². The van der Waals surface area contributed by atoms with Crippen molar-refractivity contribution in [3.63, 3.8) is 0 Å². The molecular formula is C8H15NO3. The molecule has 4 nitrogen and oxygen atoms in total. The van der Waals surface area contributed by atoms with Crippen molar-refractivity contribution < 1.29 is 28.4 Å². The molecule has 0 saturated heterocycles. The lowest BCUT2D eigenvalue weighted by atomic mass is 10.0. The van der Waals surface area contributed by atoms with Crippen LogP contribution in [-0.4, -0.2) is 23.0 Å². The molecule has 0 radical (unpaired) electrons. The summed E-state index contributed by atoms with van der Waals surface area (Å²) in [5.41, 5.74) is 0. The Morgan fingerprint density at radius 3 is 2.67 bits per heavy atom. The number of carboxylic acid groups (broad SMARTS) is 1. The predicted molar refractivity (Wildman–Crippen MR) is 44.7 cm³/mol. The van der Waals surface area contributed by atoms with Crippen LogP contribution in [0.15, 0.2) is 0 Å². The third-order valence-electron chi connectivity index (χ3n) is 0.765. The molecule has 1 atom stereocenters. The molecule has 0 aromatic rings. The van der Waals surface area contributed by atoms with Crippen LogP contribution in [0.1, 0.15) is 40.7 Å². The summed E-state index contributed by atoms with van der Waals surface area (Å²) in [6.07, 6.45) is -3.99. The third kappa shape index (κ3) is 4.71. The maximum Gasteiger partial charge on any atom is 0.326 e. The van der Waals surface area contributed by atoms with Crippen molar-refractivity contribution in [1.29, 1.82) is 0 Å². The molecule has 0 saturated carbocycles. The Bertz CT molecular complexity index is 456. The van der Waals surface area contributed by atoms with Crippen LogP contribution >= 0.6 is 0 Å². The van der Waals surface area contributed by atoms with Crippen molar-refractivity contribution in [3.8, 4) is 0 Å². The molecule has 0 fully saturated rings. The molecule has 4 heteroatoms. The normalized spacial score (nSPS) is 31.8. The summed E-state index contributed by atoms with van der Waals surface area (Å²) in [6, 6.07) is -3.69. The highest BCUT2D eigenvalue weighted by Gasteiger charge is 2.18. The van der Waals surface area contributed by atoms with E-state index in [1.807, 2.05) is 0 Å². The lowest BCUT2D eigenvalue weighted by molar-refractivity contribution is -0.142. The Morgan fingerprint density at radius 1 is 1.75 bits per heavy atom. The molecule has 1 amide bonds. The van der Waals surface area contributed by atoms with E-state index in [0.717, 1.165) is 6.92 Å². The minimum atomic E-state index is -3.99. The zero-order chi connectivity index (χ0) is 18.4. The first kappa shape index (κ1) is 2.72. The van der Waals surface area contributed by atoms with E-state index in [9.17, 15) is 9.59 Å². The van der Waals surface area contributed by atoms with Gasteiger partial charge in [0.1, 0.15) is 6.02 Å². The van der Waals surface area contributed by atoms with E-state index in [1.165, 1.54) is 5.32 Å². The van der Waals surface area contributed by atoms with Crippen LogP contribution in [0.25, 0.3) is 0 Å². The van der Waals surface area contributed by atoms with Crippen molar-refractivity contribution >= 4 is 11.9 Å². The van der Waals surface area contributed by atoms with Gasteiger partial charge in [0.05, 0.1) is 1.37 Å². The van der Waals surface area contributed by atoms with Crippen molar-refractivity contribution in [3.05, 3.63) is 0 Å². The molecule has 0 bridgehead atoms. The Labute approximate surface area is 86.0 Å². The summed E-state index contributed by atoms with van der Waals surface area (Å²) < 4.78 is 73.5. The van der Waals surface area contributed by atoms with Crippen LogP contribution in [-0.2, 0) is 9.59 Å². The Hall–Kier alpha value is -1.06. The van der Waals surface area contributed by atoms with Crippen molar-refractivity contribution in [2.75, 3.05) is 0 Å². The first-order valence-electron chi connectivity index (χ1n) is 7.88. The maximum atomic E-state index is 11.2. The van der Waals surface area contributed by atoms with Gasteiger partial charge in [-0.15, -0.1) is 0 Å². The summed E-state index contributed by atoms with van der Waals surface area (Å²) in [7, 11) is 0. The smallest absolute Gasteiger partial charge is 0.326 e. The Balaban J connectivity index is 6.56. The fourth-order valence-corrected chi connectivity index (χ4v) is 0.439. The number of carbonyl (C=O) groups excluding carboxylic acids is 1. The first-order valence-corrected chi connectivity index (χ1v) is 2.88. The zero-order valence-corrected chi connectivity index (χ0v) is 6.26. The largest absolute Gasteiger partial charge is 0.480 e. The van der Waals surface area contributed by atoms with Crippen LogP contribution in [0, 0.1) is 5.89 Å². The van der Waals surface area contributed by atoms with Crippen molar-refractivity contribution in [2.24, 2.45) is 5.89 Å². The van der Waals surface area contributed by atoms with Gasteiger partial charge in [0.25, 0.3) is 0 Å². The van der Waals surface area contributed by atoms with Gasteiger partial charge in [-0.05, 0) is 12.3 Å². The second-order valence-electron chi connectivity index (χ2n) is 1.86. The molecule has 0 spiro atoms. The van der Waals surface area contributed by atoms with Gasteiger partial charge in [0.2, 0.25) is 5.91 Å². The number of aliphatic carboxylic acids is 1. The zero-order valence-electron chi connectivity index (χ0n) is 16.3. The summed E-state index contributed by atoms with van der Waals surface area (Å²) in [5, 5.41) is 10.4. The molecular weight excluding hydrogens is 158 g/mol.